The van der Waals surface area contributed by atoms with Gasteiger partial charge in [0.1, 0.15) is 0 Å². The van der Waals surface area contributed by atoms with Crippen LogP contribution in [0.1, 0.15) is 0 Å². The molecule has 4 nitrogen and oxygen atoms in total. The Morgan fingerprint density at radius 3 is 1.71 bits per heavy atom. The summed E-state index contributed by atoms with van der Waals surface area (Å²) in [5.74, 6) is 0. The summed E-state index contributed by atoms with van der Waals surface area (Å²) in [4.78, 5) is 0. The first-order chi connectivity index (χ1) is 3.33. The first kappa shape index (κ1) is 10.2. The van der Waals surface area contributed by atoms with E-state index in [4.69, 9.17) is 18.2 Å². The van der Waals surface area contributed by atoms with Crippen molar-refractivity contribution >= 4 is 0 Å². The summed E-state index contributed by atoms with van der Waals surface area (Å²) in [7, 11) is 0. The molecule has 0 radical (unpaired) electrons. The molecule has 0 aliphatic rings. The first-order valence-electron chi connectivity index (χ1n) is 1.59. The van der Waals surface area contributed by atoms with Gasteiger partial charge in [-0.15, -0.1) is 0 Å². The molecule has 0 saturated carbocycles. The van der Waals surface area contributed by atoms with E-state index in [1.165, 1.54) is 0 Å². The molecule has 0 atom stereocenters. The molecular formula is C2H7NO3V. The van der Waals surface area contributed by atoms with Crippen LogP contribution in [0.2, 0.25) is 0 Å². The molecular weight excluding hydrogens is 137 g/mol. The number of nitrogens with two attached hydrogens (primary N) is 1. The zero-order valence-electron chi connectivity index (χ0n) is 3.70. The molecule has 0 fully saturated rings. The molecule has 3 N–H and O–H groups in total. The second-order valence-corrected chi connectivity index (χ2v) is 0.820. The minimum atomic E-state index is -1.81. The van der Waals surface area contributed by atoms with Gasteiger partial charge < -0.3 is 10.8 Å². The third kappa shape index (κ3) is 84.3. The fourth-order valence-corrected chi connectivity index (χ4v) is 0. The van der Waals surface area contributed by atoms with Crippen LogP contribution in [0.15, 0.2) is 0 Å². The molecule has 0 rings (SSSR count). The van der Waals surface area contributed by atoms with E-state index >= 15 is 0 Å². The van der Waals surface area contributed by atoms with Crippen LogP contribution >= 0.6 is 0 Å². The van der Waals surface area contributed by atoms with E-state index in [1.54, 1.807) is 0 Å². The van der Waals surface area contributed by atoms with Crippen molar-refractivity contribution in [2.24, 2.45) is 5.73 Å². The Hall–Kier alpha value is 0.104. The third-order valence-electron chi connectivity index (χ3n) is 0.129. The van der Waals surface area contributed by atoms with Crippen LogP contribution in [-0.2, 0) is 23.5 Å². The van der Waals surface area contributed by atoms with Gasteiger partial charge in [0, 0.05) is 6.54 Å². The Balaban J connectivity index is 0. The Labute approximate surface area is 48.2 Å². The number of rotatable bonds is 1. The topological polar surface area (TPSA) is 80.4 Å². The monoisotopic (exact) mass is 144 g/mol. The van der Waals surface area contributed by atoms with Crippen molar-refractivity contribution in [3.63, 3.8) is 0 Å². The number of hydrogen-bond acceptors (Lipinski definition) is 4. The second kappa shape index (κ2) is 16.5. The summed E-state index contributed by atoms with van der Waals surface area (Å²) in [5.41, 5.74) is 4.78. The molecule has 0 amide bonds. The number of aliphatic hydroxyl groups is 1. The Morgan fingerprint density at radius 1 is 1.57 bits per heavy atom. The first-order valence-corrected chi connectivity index (χ1v) is 2.73. The van der Waals surface area contributed by atoms with Gasteiger partial charge in [0.2, 0.25) is 0 Å². The molecule has 0 aromatic carbocycles. The average molecular weight is 144 g/mol. The third-order valence-corrected chi connectivity index (χ3v) is 0.129. The van der Waals surface area contributed by atoms with E-state index in [0.29, 0.717) is 6.54 Å². The molecule has 0 bridgehead atoms. The van der Waals surface area contributed by atoms with Crippen LogP contribution in [0.3, 0.4) is 0 Å². The summed E-state index contributed by atoms with van der Waals surface area (Å²) >= 11 is -1.81. The zero-order chi connectivity index (χ0) is 6.12. The van der Waals surface area contributed by atoms with Gasteiger partial charge >= 0.3 is 23.5 Å². The van der Waals surface area contributed by atoms with E-state index in [1.807, 2.05) is 0 Å². The summed E-state index contributed by atoms with van der Waals surface area (Å²) in [6.07, 6.45) is 0. The number of hydrogen-bond donors (Lipinski definition) is 2. The van der Waals surface area contributed by atoms with Crippen molar-refractivity contribution in [1.82, 2.24) is 0 Å². The van der Waals surface area contributed by atoms with Crippen molar-refractivity contribution in [2.75, 3.05) is 13.2 Å². The molecule has 0 heterocycles. The molecule has 0 aromatic rings. The van der Waals surface area contributed by atoms with Gasteiger partial charge in [-0.25, -0.2) is 0 Å². The normalized spacial score (nSPS) is 5.43. The molecule has 5 heteroatoms. The van der Waals surface area contributed by atoms with E-state index in [9.17, 15) is 0 Å². The second-order valence-electron chi connectivity index (χ2n) is 0.587. The molecule has 0 saturated heterocycles. The average Bonchev–Trinajstić information content (AvgIpc) is 1.69. The van der Waals surface area contributed by atoms with Crippen LogP contribution in [-0.4, -0.2) is 18.3 Å². The Morgan fingerprint density at radius 2 is 1.71 bits per heavy atom. The van der Waals surface area contributed by atoms with Crippen molar-refractivity contribution in [3.8, 4) is 0 Å². The summed E-state index contributed by atoms with van der Waals surface area (Å²) in [5, 5.41) is 7.75. The van der Waals surface area contributed by atoms with Crippen LogP contribution in [0.4, 0.5) is 0 Å². The molecule has 7 heavy (non-hydrogen) atoms. The van der Waals surface area contributed by atoms with Gasteiger partial charge in [0.05, 0.1) is 6.61 Å². The molecule has 0 aromatic heterocycles. The SMILES string of the molecule is NCCO.[O]=[V]=[O]. The maximum absolute atomic E-state index is 8.47. The van der Waals surface area contributed by atoms with Crippen LogP contribution in [0.5, 0.6) is 0 Å². The molecule has 0 aliphatic heterocycles. The molecule has 0 spiro atoms. The zero-order valence-corrected chi connectivity index (χ0v) is 5.10. The summed E-state index contributed by atoms with van der Waals surface area (Å²) in [6.45, 7) is 0.472. The summed E-state index contributed by atoms with van der Waals surface area (Å²) < 4.78 is 16.9. The predicted molar refractivity (Wildman–Crippen MR) is 17.5 cm³/mol. The molecule has 0 aliphatic carbocycles. The fourth-order valence-electron chi connectivity index (χ4n) is 0. The van der Waals surface area contributed by atoms with Crippen molar-refractivity contribution in [3.05, 3.63) is 0 Å². The van der Waals surface area contributed by atoms with Crippen molar-refractivity contribution in [1.29, 1.82) is 0 Å². The maximum atomic E-state index is 8.47. The van der Waals surface area contributed by atoms with E-state index < -0.39 is 16.2 Å². The minimum absolute atomic E-state index is 0.0972. The summed E-state index contributed by atoms with van der Waals surface area (Å²) in [6, 6.07) is 0. The quantitative estimate of drug-likeness (QED) is 0.479. The van der Waals surface area contributed by atoms with Crippen LogP contribution in [0, 0.1) is 0 Å². The standard InChI is InChI=1S/C2H7NO.2O.V/c3-1-2-4;;;/h4H,1-3H2;;;. The van der Waals surface area contributed by atoms with Crippen molar-refractivity contribution < 1.29 is 28.6 Å². The van der Waals surface area contributed by atoms with E-state index in [0.717, 1.165) is 0 Å². The Kier molecular flexibility index (Phi) is 24.0. The van der Waals surface area contributed by atoms with Gasteiger partial charge in [0.15, 0.2) is 0 Å². The van der Waals surface area contributed by atoms with Gasteiger partial charge in [0.25, 0.3) is 0 Å². The number of aliphatic hydroxyl groups excluding tert-OH is 1. The Bertz CT molecular complexity index is 48.9. The fraction of sp³-hybridized carbons (Fsp3) is 1.00. The molecule has 43 valence electrons. The van der Waals surface area contributed by atoms with E-state index in [2.05, 4.69) is 0 Å². The predicted octanol–water partition coefficient (Wildman–Crippen LogP) is -1.30. The molecule has 0 unspecified atom stereocenters. The van der Waals surface area contributed by atoms with Crippen molar-refractivity contribution in [2.45, 2.75) is 0 Å². The van der Waals surface area contributed by atoms with Gasteiger partial charge in [-0.2, -0.15) is 0 Å². The van der Waals surface area contributed by atoms with Crippen LogP contribution in [0.25, 0.3) is 0 Å². The van der Waals surface area contributed by atoms with Crippen LogP contribution < -0.4 is 5.73 Å². The van der Waals surface area contributed by atoms with Gasteiger partial charge in [-0.05, 0) is 0 Å². The van der Waals surface area contributed by atoms with E-state index in [-0.39, 0.29) is 6.61 Å². The van der Waals surface area contributed by atoms with Gasteiger partial charge in [-0.3, -0.25) is 0 Å². The van der Waals surface area contributed by atoms with Gasteiger partial charge in [-0.1, -0.05) is 0 Å².